The largest absolute Gasteiger partial charge is 0.442 e. The van der Waals surface area contributed by atoms with Crippen molar-refractivity contribution in [3.63, 3.8) is 0 Å². The normalized spacial score (nSPS) is 11.0. The first kappa shape index (κ1) is 18.1. The maximum Gasteiger partial charge on any atom is 0.350 e. The van der Waals surface area contributed by atoms with Crippen molar-refractivity contribution in [2.45, 2.75) is 13.5 Å². The van der Waals surface area contributed by atoms with Gasteiger partial charge in [0, 0.05) is 11.6 Å². The van der Waals surface area contributed by atoms with Crippen LogP contribution in [0.4, 0.5) is 8.78 Å². The van der Waals surface area contributed by atoms with Gasteiger partial charge in [0.05, 0.1) is 23.4 Å². The van der Waals surface area contributed by atoms with Crippen molar-refractivity contribution in [3.05, 3.63) is 87.7 Å². The Balaban J connectivity index is 1.61. The van der Waals surface area contributed by atoms with Gasteiger partial charge in [-0.2, -0.15) is 9.78 Å². The summed E-state index contributed by atoms with van der Waals surface area (Å²) in [6, 6.07) is 10.3. The summed E-state index contributed by atoms with van der Waals surface area (Å²) in [4.78, 5) is 16.6. The van der Waals surface area contributed by atoms with Crippen LogP contribution in [0.15, 0.2) is 59.1 Å². The number of benzene rings is 2. The number of hydrogen-bond donors (Lipinski definition) is 0. The molecule has 0 saturated carbocycles. The molecule has 2 aromatic carbocycles. The second-order valence-corrected chi connectivity index (χ2v) is 6.80. The van der Waals surface area contributed by atoms with Crippen molar-refractivity contribution in [1.82, 2.24) is 19.3 Å². The molecule has 28 heavy (non-hydrogen) atoms. The molecule has 2 aromatic heterocycles. The Bertz CT molecular complexity index is 1200. The third-order valence-corrected chi connectivity index (χ3v) is 4.90. The topological polar surface area (TPSA) is 61.9 Å². The molecule has 0 aliphatic heterocycles. The lowest BCUT2D eigenvalue weighted by Crippen LogP contribution is -2.24. The molecular weight excluding hydrogens is 386 g/mol. The van der Waals surface area contributed by atoms with E-state index in [1.54, 1.807) is 30.6 Å². The number of halogens is 2. The predicted octanol–water partition coefficient (Wildman–Crippen LogP) is 3.92. The number of rotatable bonds is 5. The van der Waals surface area contributed by atoms with Crippen molar-refractivity contribution >= 4 is 11.3 Å². The average molecular weight is 400 g/mol. The summed E-state index contributed by atoms with van der Waals surface area (Å²) in [6.07, 6.45) is 1.29. The molecule has 0 aliphatic carbocycles. The van der Waals surface area contributed by atoms with Crippen LogP contribution in [-0.4, -0.2) is 19.3 Å². The van der Waals surface area contributed by atoms with E-state index in [0.717, 1.165) is 10.7 Å². The zero-order valence-electron chi connectivity index (χ0n) is 14.7. The number of thiazole rings is 1. The van der Waals surface area contributed by atoms with Gasteiger partial charge in [-0.05, 0) is 25.1 Å². The van der Waals surface area contributed by atoms with Crippen LogP contribution < -0.4 is 10.4 Å². The molecule has 2 heterocycles. The lowest BCUT2D eigenvalue weighted by atomic mass is 10.2. The highest BCUT2D eigenvalue weighted by molar-refractivity contribution is 7.11. The zero-order valence-corrected chi connectivity index (χ0v) is 15.5. The highest BCUT2D eigenvalue weighted by atomic mass is 32.1. The Morgan fingerprint density at radius 3 is 2.68 bits per heavy atom. The van der Waals surface area contributed by atoms with Crippen LogP contribution in [0.5, 0.6) is 10.8 Å². The third-order valence-electron chi connectivity index (χ3n) is 4.10. The van der Waals surface area contributed by atoms with Gasteiger partial charge in [-0.25, -0.2) is 18.6 Å². The van der Waals surface area contributed by atoms with Gasteiger partial charge >= 0.3 is 5.69 Å². The molecule has 0 atom stereocenters. The van der Waals surface area contributed by atoms with E-state index >= 15 is 0 Å². The van der Waals surface area contributed by atoms with Gasteiger partial charge in [-0.3, -0.25) is 4.57 Å². The Morgan fingerprint density at radius 1 is 1.14 bits per heavy atom. The van der Waals surface area contributed by atoms with Crippen molar-refractivity contribution in [2.75, 3.05) is 0 Å². The first-order chi connectivity index (χ1) is 13.5. The van der Waals surface area contributed by atoms with E-state index < -0.39 is 17.3 Å². The number of hydrogen-bond acceptors (Lipinski definition) is 5. The summed E-state index contributed by atoms with van der Waals surface area (Å²) in [7, 11) is 0. The van der Waals surface area contributed by atoms with Crippen LogP contribution in [0.3, 0.4) is 0 Å². The van der Waals surface area contributed by atoms with E-state index in [9.17, 15) is 13.6 Å². The molecule has 9 heteroatoms. The van der Waals surface area contributed by atoms with Crippen LogP contribution in [0.2, 0.25) is 0 Å². The highest BCUT2D eigenvalue weighted by Crippen LogP contribution is 2.30. The number of nitrogens with zero attached hydrogens (tertiary/aromatic N) is 4. The Labute approximate surface area is 162 Å². The van der Waals surface area contributed by atoms with E-state index in [2.05, 4.69) is 10.1 Å². The standard InChI is InChI=1S/C19H14F2N4O2S/c1-12-18(28-11-22-12)27-17-7-6-14(8-16(17)21)25-19(26)24(10-23-25)9-13-4-2-3-5-15(13)20/h2-8,10-11H,9H2,1H3. The minimum atomic E-state index is -0.638. The fourth-order valence-electron chi connectivity index (χ4n) is 2.62. The highest BCUT2D eigenvalue weighted by Gasteiger charge is 2.14. The summed E-state index contributed by atoms with van der Waals surface area (Å²) in [5.41, 5.74) is 2.37. The smallest absolute Gasteiger partial charge is 0.350 e. The minimum absolute atomic E-state index is 0.0231. The quantitative estimate of drug-likeness (QED) is 0.510. The molecule has 4 aromatic rings. The molecule has 0 bridgehead atoms. The molecule has 0 amide bonds. The fourth-order valence-corrected chi connectivity index (χ4v) is 3.29. The van der Waals surface area contributed by atoms with E-state index in [-0.39, 0.29) is 18.0 Å². The molecule has 0 unspecified atom stereocenters. The lowest BCUT2D eigenvalue weighted by Gasteiger charge is -2.07. The molecule has 0 saturated heterocycles. The van der Waals surface area contributed by atoms with Crippen molar-refractivity contribution in [3.8, 4) is 16.5 Å². The van der Waals surface area contributed by atoms with Gasteiger partial charge in [0.15, 0.2) is 11.6 Å². The van der Waals surface area contributed by atoms with E-state index in [4.69, 9.17) is 4.74 Å². The summed E-state index contributed by atoms with van der Waals surface area (Å²) < 4.78 is 36.1. The third kappa shape index (κ3) is 3.44. The van der Waals surface area contributed by atoms with Crippen LogP contribution in [0.25, 0.3) is 5.69 Å². The van der Waals surface area contributed by atoms with Crippen molar-refractivity contribution in [2.24, 2.45) is 0 Å². The molecule has 4 rings (SSSR count). The van der Waals surface area contributed by atoms with Gasteiger partial charge < -0.3 is 4.74 Å². The molecule has 6 nitrogen and oxygen atoms in total. The maximum atomic E-state index is 14.5. The van der Waals surface area contributed by atoms with Gasteiger partial charge in [-0.1, -0.05) is 29.5 Å². The molecule has 142 valence electrons. The van der Waals surface area contributed by atoms with E-state index in [1.165, 1.54) is 40.4 Å². The molecule has 0 radical (unpaired) electrons. The zero-order chi connectivity index (χ0) is 19.7. The predicted molar refractivity (Wildman–Crippen MR) is 100 cm³/mol. The molecule has 0 N–H and O–H groups in total. The number of aryl methyl sites for hydroxylation is 1. The number of aromatic nitrogens is 4. The molecular formula is C19H14F2N4O2S. The Morgan fingerprint density at radius 2 is 1.96 bits per heavy atom. The van der Waals surface area contributed by atoms with Crippen LogP contribution in [0, 0.1) is 18.6 Å². The minimum Gasteiger partial charge on any atom is -0.442 e. The molecule has 0 spiro atoms. The van der Waals surface area contributed by atoms with E-state index in [0.29, 0.717) is 16.3 Å². The molecule has 0 fully saturated rings. The lowest BCUT2D eigenvalue weighted by molar-refractivity contribution is 0.448. The van der Waals surface area contributed by atoms with Gasteiger partial charge in [0.25, 0.3) is 0 Å². The second-order valence-electron chi connectivity index (χ2n) is 5.99. The summed E-state index contributed by atoms with van der Waals surface area (Å²) in [5, 5.41) is 4.50. The number of ether oxygens (including phenoxy) is 1. The van der Waals surface area contributed by atoms with E-state index in [1.807, 2.05) is 0 Å². The SMILES string of the molecule is Cc1ncsc1Oc1ccc(-n2ncn(Cc3ccccc3F)c2=O)cc1F. The summed E-state index contributed by atoms with van der Waals surface area (Å²) in [5.74, 6) is -1.02. The Hall–Kier alpha value is -3.33. The fraction of sp³-hybridized carbons (Fsp3) is 0.105. The monoisotopic (exact) mass is 400 g/mol. The van der Waals surface area contributed by atoms with Gasteiger partial charge in [-0.15, -0.1) is 0 Å². The van der Waals surface area contributed by atoms with Gasteiger partial charge in [0.2, 0.25) is 5.06 Å². The summed E-state index contributed by atoms with van der Waals surface area (Å²) in [6.45, 7) is 1.79. The van der Waals surface area contributed by atoms with Gasteiger partial charge in [0.1, 0.15) is 12.1 Å². The maximum absolute atomic E-state index is 14.5. The second kappa shape index (κ2) is 7.35. The first-order valence-electron chi connectivity index (χ1n) is 8.28. The Kier molecular flexibility index (Phi) is 4.74. The molecule has 0 aliphatic rings. The average Bonchev–Trinajstić information content (AvgIpc) is 3.25. The van der Waals surface area contributed by atoms with Crippen LogP contribution >= 0.6 is 11.3 Å². The van der Waals surface area contributed by atoms with Crippen molar-refractivity contribution in [1.29, 1.82) is 0 Å². The van der Waals surface area contributed by atoms with Crippen LogP contribution in [0.1, 0.15) is 11.3 Å². The van der Waals surface area contributed by atoms with Crippen molar-refractivity contribution < 1.29 is 13.5 Å². The first-order valence-corrected chi connectivity index (χ1v) is 9.16. The summed E-state index contributed by atoms with van der Waals surface area (Å²) >= 11 is 1.26. The van der Waals surface area contributed by atoms with Crippen LogP contribution in [-0.2, 0) is 6.54 Å².